The molecule has 1 aromatic rings. The number of para-hydroxylation sites is 1. The summed E-state index contributed by atoms with van der Waals surface area (Å²) in [6.45, 7) is 1.93. The van der Waals surface area contributed by atoms with Gasteiger partial charge in [0.25, 0.3) is 0 Å². The number of hydrazine groups is 1. The molecule has 1 fully saturated rings. The van der Waals surface area contributed by atoms with Gasteiger partial charge in [-0.15, -0.1) is 0 Å². The highest BCUT2D eigenvalue weighted by Crippen LogP contribution is 2.32. The van der Waals surface area contributed by atoms with E-state index in [2.05, 4.69) is 10.9 Å². The van der Waals surface area contributed by atoms with Gasteiger partial charge in [0.15, 0.2) is 0 Å². The maximum absolute atomic E-state index is 9.63. The highest BCUT2D eigenvalue weighted by molar-refractivity contribution is 5.35. The fourth-order valence-electron chi connectivity index (χ4n) is 1.73. The van der Waals surface area contributed by atoms with Gasteiger partial charge in [-0.3, -0.25) is 0 Å². The Morgan fingerprint density at radius 1 is 1.21 bits per heavy atom. The molecule has 1 saturated heterocycles. The largest absolute Gasteiger partial charge is 0.508 e. The topological polar surface area (TPSA) is 64.5 Å². The molecule has 3 atom stereocenters. The third kappa shape index (κ3) is 1.48. The van der Waals surface area contributed by atoms with E-state index in [1.165, 1.54) is 0 Å². The fourth-order valence-corrected chi connectivity index (χ4v) is 1.73. The van der Waals surface area contributed by atoms with E-state index in [-0.39, 0.29) is 17.7 Å². The molecule has 0 radical (unpaired) electrons. The van der Waals surface area contributed by atoms with Crippen LogP contribution < -0.4 is 10.9 Å². The number of aromatic hydroxyl groups is 1. The second-order valence-electron chi connectivity index (χ2n) is 3.63. The molecular weight excluding hydrogens is 180 g/mol. The summed E-state index contributed by atoms with van der Waals surface area (Å²) in [4.78, 5) is 0. The molecule has 76 valence electrons. The summed E-state index contributed by atoms with van der Waals surface area (Å²) >= 11 is 0. The number of hydrogen-bond acceptors (Lipinski definition) is 4. The zero-order valence-electron chi connectivity index (χ0n) is 7.94. The van der Waals surface area contributed by atoms with Crippen LogP contribution in [0.1, 0.15) is 18.5 Å². The standard InChI is InChI=1S/C10H14N2O2/c1-6-9(11-12-10(6)14)7-4-2-3-5-8(7)13/h2-6,9-14H,1H3. The predicted molar refractivity (Wildman–Crippen MR) is 52.3 cm³/mol. The van der Waals surface area contributed by atoms with Gasteiger partial charge in [-0.2, -0.15) is 0 Å². The second kappa shape index (κ2) is 3.57. The lowest BCUT2D eigenvalue weighted by Crippen LogP contribution is -2.30. The van der Waals surface area contributed by atoms with Gasteiger partial charge in [-0.1, -0.05) is 25.1 Å². The molecule has 0 aromatic heterocycles. The summed E-state index contributed by atoms with van der Waals surface area (Å²) in [6, 6.07) is 7.10. The summed E-state index contributed by atoms with van der Waals surface area (Å²) in [7, 11) is 0. The Kier molecular flexibility index (Phi) is 2.41. The molecule has 0 saturated carbocycles. The summed E-state index contributed by atoms with van der Waals surface area (Å²) in [6.07, 6.45) is -0.570. The maximum Gasteiger partial charge on any atom is 0.121 e. The zero-order chi connectivity index (χ0) is 10.1. The molecule has 0 aliphatic carbocycles. The van der Waals surface area contributed by atoms with Gasteiger partial charge < -0.3 is 10.2 Å². The molecule has 1 heterocycles. The first-order chi connectivity index (χ1) is 6.70. The number of hydrogen-bond donors (Lipinski definition) is 4. The number of phenols is 1. The first kappa shape index (κ1) is 9.45. The van der Waals surface area contributed by atoms with Gasteiger partial charge in [0.05, 0.1) is 6.04 Å². The van der Waals surface area contributed by atoms with Gasteiger partial charge in [0, 0.05) is 11.5 Å². The van der Waals surface area contributed by atoms with Crippen LogP contribution in [-0.4, -0.2) is 16.4 Å². The van der Waals surface area contributed by atoms with Crippen molar-refractivity contribution in [2.75, 3.05) is 0 Å². The number of nitrogens with one attached hydrogen (secondary N) is 2. The van der Waals surface area contributed by atoms with E-state index >= 15 is 0 Å². The number of aliphatic hydroxyl groups is 1. The zero-order valence-corrected chi connectivity index (χ0v) is 7.94. The summed E-state index contributed by atoms with van der Waals surface area (Å²) in [5.41, 5.74) is 6.50. The predicted octanol–water partition coefficient (Wildman–Crippen LogP) is 0.496. The van der Waals surface area contributed by atoms with Crippen LogP contribution in [0, 0.1) is 5.92 Å². The van der Waals surface area contributed by atoms with E-state index < -0.39 is 6.23 Å². The third-order valence-corrected chi connectivity index (χ3v) is 2.68. The van der Waals surface area contributed by atoms with Gasteiger partial charge in [0.2, 0.25) is 0 Å². The number of phenolic OH excluding ortho intramolecular Hbond substituents is 1. The van der Waals surface area contributed by atoms with Crippen LogP contribution in [0.15, 0.2) is 24.3 Å². The smallest absolute Gasteiger partial charge is 0.121 e. The van der Waals surface area contributed by atoms with Crippen molar-refractivity contribution in [3.8, 4) is 5.75 Å². The van der Waals surface area contributed by atoms with E-state index in [1.807, 2.05) is 19.1 Å². The van der Waals surface area contributed by atoms with Crippen molar-refractivity contribution in [1.82, 2.24) is 10.9 Å². The van der Waals surface area contributed by atoms with Crippen LogP contribution in [0.25, 0.3) is 0 Å². The van der Waals surface area contributed by atoms with Crippen molar-refractivity contribution in [3.63, 3.8) is 0 Å². The molecule has 14 heavy (non-hydrogen) atoms. The molecule has 0 bridgehead atoms. The van der Waals surface area contributed by atoms with E-state index in [9.17, 15) is 10.2 Å². The molecule has 4 heteroatoms. The summed E-state index contributed by atoms with van der Waals surface area (Å²) < 4.78 is 0. The summed E-state index contributed by atoms with van der Waals surface area (Å²) in [5.74, 6) is 0.288. The molecule has 3 unspecified atom stereocenters. The van der Waals surface area contributed by atoms with E-state index in [4.69, 9.17) is 0 Å². The van der Waals surface area contributed by atoms with Crippen LogP contribution in [-0.2, 0) is 0 Å². The van der Waals surface area contributed by atoms with Crippen LogP contribution in [0.5, 0.6) is 5.75 Å². The monoisotopic (exact) mass is 194 g/mol. The lowest BCUT2D eigenvalue weighted by atomic mass is 9.95. The Hall–Kier alpha value is -1.10. The Balaban J connectivity index is 2.28. The SMILES string of the molecule is CC1C(O)NNC1c1ccccc1O. The van der Waals surface area contributed by atoms with Gasteiger partial charge in [-0.25, -0.2) is 10.9 Å². The molecule has 0 spiro atoms. The van der Waals surface area contributed by atoms with Crippen molar-refractivity contribution in [3.05, 3.63) is 29.8 Å². The highest BCUT2D eigenvalue weighted by Gasteiger charge is 2.32. The highest BCUT2D eigenvalue weighted by atomic mass is 16.3. The molecule has 4 N–H and O–H groups in total. The van der Waals surface area contributed by atoms with Crippen LogP contribution in [0.4, 0.5) is 0 Å². The minimum Gasteiger partial charge on any atom is -0.508 e. The van der Waals surface area contributed by atoms with E-state index in [0.29, 0.717) is 0 Å². The van der Waals surface area contributed by atoms with Gasteiger partial charge >= 0.3 is 0 Å². The van der Waals surface area contributed by atoms with Gasteiger partial charge in [-0.05, 0) is 6.07 Å². The van der Waals surface area contributed by atoms with Crippen LogP contribution in [0.2, 0.25) is 0 Å². The minimum absolute atomic E-state index is 0.0308. The fraction of sp³-hybridized carbons (Fsp3) is 0.400. The number of rotatable bonds is 1. The van der Waals surface area contributed by atoms with E-state index in [0.717, 1.165) is 5.56 Å². The molecule has 1 aromatic carbocycles. The Morgan fingerprint density at radius 2 is 1.93 bits per heavy atom. The first-order valence-electron chi connectivity index (χ1n) is 4.67. The molecule has 1 aliphatic heterocycles. The van der Waals surface area contributed by atoms with Crippen molar-refractivity contribution in [1.29, 1.82) is 0 Å². The van der Waals surface area contributed by atoms with Crippen molar-refractivity contribution >= 4 is 0 Å². The number of aliphatic hydroxyl groups excluding tert-OH is 1. The number of benzene rings is 1. The molecule has 2 rings (SSSR count). The van der Waals surface area contributed by atoms with Crippen LogP contribution in [0.3, 0.4) is 0 Å². The maximum atomic E-state index is 9.63. The van der Waals surface area contributed by atoms with Crippen molar-refractivity contribution in [2.45, 2.75) is 19.2 Å². The van der Waals surface area contributed by atoms with Crippen molar-refractivity contribution in [2.24, 2.45) is 5.92 Å². The van der Waals surface area contributed by atoms with Gasteiger partial charge in [0.1, 0.15) is 12.0 Å². The lowest BCUT2D eigenvalue weighted by molar-refractivity contribution is 0.114. The molecule has 4 nitrogen and oxygen atoms in total. The molecule has 0 amide bonds. The first-order valence-corrected chi connectivity index (χ1v) is 4.67. The lowest BCUT2D eigenvalue weighted by Gasteiger charge is -2.16. The Morgan fingerprint density at radius 3 is 2.50 bits per heavy atom. The van der Waals surface area contributed by atoms with Crippen LogP contribution >= 0.6 is 0 Å². The van der Waals surface area contributed by atoms with E-state index in [1.54, 1.807) is 12.1 Å². The van der Waals surface area contributed by atoms with Crippen molar-refractivity contribution < 1.29 is 10.2 Å². The summed E-state index contributed by atoms with van der Waals surface area (Å²) in [5, 5.41) is 19.1. The Labute approximate surface area is 82.5 Å². The molecular formula is C10H14N2O2. The normalized spacial score (nSPS) is 32.0. The second-order valence-corrected chi connectivity index (χ2v) is 3.63. The third-order valence-electron chi connectivity index (χ3n) is 2.68. The Bertz CT molecular complexity index is 330. The molecule has 1 aliphatic rings. The average molecular weight is 194 g/mol. The average Bonchev–Trinajstić information content (AvgIpc) is 2.49. The minimum atomic E-state index is -0.570. The quantitative estimate of drug-likeness (QED) is 0.525.